The van der Waals surface area contributed by atoms with Crippen molar-refractivity contribution in [3.05, 3.63) is 35.4 Å². The van der Waals surface area contributed by atoms with E-state index in [1.54, 1.807) is 0 Å². The Labute approximate surface area is 97.5 Å². The molecule has 0 fully saturated rings. The summed E-state index contributed by atoms with van der Waals surface area (Å²) in [5.74, 6) is 0.500. The molecule has 1 N–H and O–H groups in total. The van der Waals surface area contributed by atoms with Crippen LogP contribution in [0.4, 0.5) is 0 Å². The average molecular weight is 217 g/mol. The fraction of sp³-hybridized carbons (Fsp3) is 0.500. The number of rotatable bonds is 4. The van der Waals surface area contributed by atoms with Crippen LogP contribution in [-0.2, 0) is 5.41 Å². The predicted octanol–water partition coefficient (Wildman–Crippen LogP) is 2.97. The first kappa shape index (κ1) is 12.7. The molecule has 86 valence electrons. The molecule has 0 aliphatic carbocycles. The first-order valence-electron chi connectivity index (χ1n) is 5.66. The summed E-state index contributed by atoms with van der Waals surface area (Å²) in [4.78, 5) is 0. The van der Waals surface area contributed by atoms with Crippen LogP contribution in [-0.4, -0.2) is 11.7 Å². The van der Waals surface area contributed by atoms with Gasteiger partial charge in [0.05, 0.1) is 11.5 Å². The van der Waals surface area contributed by atoms with E-state index in [1.807, 2.05) is 19.1 Å². The molecule has 16 heavy (non-hydrogen) atoms. The molecule has 1 unspecified atom stereocenters. The fourth-order valence-electron chi connectivity index (χ4n) is 1.72. The first-order chi connectivity index (χ1) is 7.53. The summed E-state index contributed by atoms with van der Waals surface area (Å²) in [6, 6.07) is 10.4. The molecule has 0 aliphatic rings. The Hall–Kier alpha value is -1.33. The average Bonchev–Trinajstić information content (AvgIpc) is 2.29. The van der Waals surface area contributed by atoms with Gasteiger partial charge >= 0.3 is 0 Å². The lowest BCUT2D eigenvalue weighted by Crippen LogP contribution is -2.21. The van der Waals surface area contributed by atoms with Gasteiger partial charge in [0.1, 0.15) is 0 Å². The predicted molar refractivity (Wildman–Crippen MR) is 65.2 cm³/mol. The lowest BCUT2D eigenvalue weighted by molar-refractivity contribution is 0.264. The number of aliphatic hydroxyl groups is 1. The van der Waals surface area contributed by atoms with Gasteiger partial charge in [0.2, 0.25) is 0 Å². The number of hydrogen-bond acceptors (Lipinski definition) is 2. The van der Waals surface area contributed by atoms with E-state index in [2.05, 4.69) is 32.0 Å². The highest BCUT2D eigenvalue weighted by Gasteiger charge is 2.25. The summed E-state index contributed by atoms with van der Waals surface area (Å²) in [5.41, 5.74) is 1.67. The fourth-order valence-corrected chi connectivity index (χ4v) is 1.72. The van der Waals surface area contributed by atoms with Crippen LogP contribution in [0.5, 0.6) is 0 Å². The Morgan fingerprint density at radius 2 is 1.88 bits per heavy atom. The Balaban J connectivity index is 3.00. The van der Waals surface area contributed by atoms with Gasteiger partial charge in [-0.25, -0.2) is 0 Å². The van der Waals surface area contributed by atoms with Gasteiger partial charge in [0.15, 0.2) is 0 Å². The number of benzene rings is 1. The smallest absolute Gasteiger partial charge is 0.0816 e. The zero-order chi connectivity index (χ0) is 12.2. The van der Waals surface area contributed by atoms with Gasteiger partial charge < -0.3 is 5.11 Å². The minimum absolute atomic E-state index is 0.0377. The third kappa shape index (κ3) is 2.62. The lowest BCUT2D eigenvalue weighted by atomic mass is 9.80. The minimum atomic E-state index is -0.579. The first-order valence-corrected chi connectivity index (χ1v) is 5.66. The van der Waals surface area contributed by atoms with Gasteiger partial charge in [-0.15, -0.1) is 0 Å². The Kier molecular flexibility index (Phi) is 4.09. The van der Waals surface area contributed by atoms with E-state index in [9.17, 15) is 5.26 Å². The second kappa shape index (κ2) is 5.14. The highest BCUT2D eigenvalue weighted by atomic mass is 16.3. The molecule has 0 radical (unpaired) electrons. The van der Waals surface area contributed by atoms with Gasteiger partial charge in [-0.05, 0) is 30.4 Å². The monoisotopic (exact) mass is 217 g/mol. The van der Waals surface area contributed by atoms with Crippen LogP contribution in [0.15, 0.2) is 24.3 Å². The second-order valence-electron chi connectivity index (χ2n) is 4.69. The van der Waals surface area contributed by atoms with Crippen LogP contribution in [0.25, 0.3) is 0 Å². The molecule has 0 aromatic heterocycles. The summed E-state index contributed by atoms with van der Waals surface area (Å²) < 4.78 is 0. The molecule has 0 bridgehead atoms. The molecular weight excluding hydrogens is 198 g/mol. The summed E-state index contributed by atoms with van der Waals surface area (Å²) in [6.45, 7) is 6.20. The van der Waals surface area contributed by atoms with E-state index in [1.165, 1.54) is 5.56 Å². The van der Waals surface area contributed by atoms with E-state index in [0.717, 1.165) is 5.56 Å². The third-order valence-electron chi connectivity index (χ3n) is 3.07. The maximum absolute atomic E-state index is 9.19. The molecule has 0 saturated heterocycles. The van der Waals surface area contributed by atoms with Crippen LogP contribution in [0.1, 0.15) is 44.2 Å². The van der Waals surface area contributed by atoms with Crippen molar-refractivity contribution in [3.8, 4) is 6.07 Å². The lowest BCUT2D eigenvalue weighted by Gasteiger charge is -2.21. The van der Waals surface area contributed by atoms with Crippen LogP contribution in [0.3, 0.4) is 0 Å². The number of hydrogen-bond donors (Lipinski definition) is 1. The molecule has 1 rings (SSSR count). The van der Waals surface area contributed by atoms with Crippen LogP contribution in [0, 0.1) is 11.3 Å². The van der Waals surface area contributed by atoms with Crippen molar-refractivity contribution in [2.45, 2.75) is 38.5 Å². The highest BCUT2D eigenvalue weighted by Crippen LogP contribution is 2.27. The van der Waals surface area contributed by atoms with Gasteiger partial charge in [-0.3, -0.25) is 0 Å². The molecule has 1 aromatic carbocycles. The number of aliphatic hydroxyl groups excluding tert-OH is 1. The summed E-state index contributed by atoms with van der Waals surface area (Å²) in [7, 11) is 0. The van der Waals surface area contributed by atoms with E-state index < -0.39 is 5.41 Å². The number of nitrogens with zero attached hydrogens (tertiary/aromatic N) is 1. The van der Waals surface area contributed by atoms with Crippen LogP contribution < -0.4 is 0 Å². The maximum atomic E-state index is 9.19. The van der Waals surface area contributed by atoms with E-state index in [0.29, 0.717) is 12.3 Å². The molecular formula is C14H19NO. The SMILES string of the molecule is CC(C)c1ccc(C(C)(C#N)CCO)cc1. The highest BCUT2D eigenvalue weighted by molar-refractivity contribution is 5.34. The molecule has 0 amide bonds. The zero-order valence-electron chi connectivity index (χ0n) is 10.2. The van der Waals surface area contributed by atoms with E-state index in [4.69, 9.17) is 5.11 Å². The quantitative estimate of drug-likeness (QED) is 0.842. The zero-order valence-corrected chi connectivity index (χ0v) is 10.2. The second-order valence-corrected chi connectivity index (χ2v) is 4.69. The molecule has 0 saturated carbocycles. The largest absolute Gasteiger partial charge is 0.396 e. The molecule has 2 heteroatoms. The maximum Gasteiger partial charge on any atom is 0.0816 e. The summed E-state index contributed by atoms with van der Waals surface area (Å²) in [6.07, 6.45) is 0.477. The van der Waals surface area contributed by atoms with Gasteiger partial charge in [0, 0.05) is 6.61 Å². The van der Waals surface area contributed by atoms with Crippen molar-refractivity contribution >= 4 is 0 Å². The van der Waals surface area contributed by atoms with Crippen molar-refractivity contribution in [3.63, 3.8) is 0 Å². The van der Waals surface area contributed by atoms with Crippen LogP contribution in [0.2, 0.25) is 0 Å². The molecule has 2 nitrogen and oxygen atoms in total. The molecule has 1 aromatic rings. The number of nitriles is 1. The summed E-state index contributed by atoms with van der Waals surface area (Å²) >= 11 is 0. The van der Waals surface area contributed by atoms with Gasteiger partial charge in [-0.1, -0.05) is 38.1 Å². The molecule has 1 atom stereocenters. The standard InChI is InChI=1S/C14H19NO/c1-11(2)12-4-6-13(7-5-12)14(3,10-15)8-9-16/h4-7,11,16H,8-9H2,1-3H3. The third-order valence-corrected chi connectivity index (χ3v) is 3.07. The van der Waals surface area contributed by atoms with Crippen LogP contribution >= 0.6 is 0 Å². The molecule has 0 aliphatic heterocycles. The van der Waals surface area contributed by atoms with E-state index >= 15 is 0 Å². The summed E-state index contributed by atoms with van der Waals surface area (Å²) in [5, 5.41) is 18.2. The Morgan fingerprint density at radius 3 is 2.25 bits per heavy atom. The normalized spacial score (nSPS) is 14.5. The van der Waals surface area contributed by atoms with Crippen molar-refractivity contribution in [2.75, 3.05) is 6.61 Å². The Bertz CT molecular complexity index is 375. The van der Waals surface area contributed by atoms with Crippen molar-refractivity contribution in [1.29, 1.82) is 5.26 Å². The van der Waals surface area contributed by atoms with Crippen molar-refractivity contribution in [1.82, 2.24) is 0 Å². The topological polar surface area (TPSA) is 44.0 Å². The Morgan fingerprint density at radius 1 is 1.31 bits per heavy atom. The molecule has 0 spiro atoms. The van der Waals surface area contributed by atoms with E-state index in [-0.39, 0.29) is 6.61 Å². The van der Waals surface area contributed by atoms with Gasteiger partial charge in [-0.2, -0.15) is 5.26 Å². The van der Waals surface area contributed by atoms with Crippen molar-refractivity contribution < 1.29 is 5.11 Å². The molecule has 0 heterocycles. The van der Waals surface area contributed by atoms with Crippen molar-refractivity contribution in [2.24, 2.45) is 0 Å². The van der Waals surface area contributed by atoms with Gasteiger partial charge in [0.25, 0.3) is 0 Å². The minimum Gasteiger partial charge on any atom is -0.396 e.